The second kappa shape index (κ2) is 5.03. The van der Waals surface area contributed by atoms with E-state index in [1.165, 1.54) is 18.4 Å². The van der Waals surface area contributed by atoms with Gasteiger partial charge in [-0.15, -0.1) is 0 Å². The van der Waals surface area contributed by atoms with Crippen LogP contribution in [0.2, 0.25) is 0 Å². The van der Waals surface area contributed by atoms with Crippen LogP contribution < -0.4 is 0 Å². The molecule has 2 atom stereocenters. The first-order valence-electron chi connectivity index (χ1n) is 6.24. The second-order valence-corrected chi connectivity index (χ2v) is 5.84. The van der Waals surface area contributed by atoms with Crippen LogP contribution in [0.4, 0.5) is 0 Å². The maximum absolute atomic E-state index is 10.8. The minimum Gasteiger partial charge on any atom is -0.481 e. The van der Waals surface area contributed by atoms with Crippen molar-refractivity contribution in [1.82, 2.24) is 0 Å². The summed E-state index contributed by atoms with van der Waals surface area (Å²) in [7, 11) is 0. The van der Waals surface area contributed by atoms with Gasteiger partial charge in [-0.2, -0.15) is 0 Å². The lowest BCUT2D eigenvalue weighted by Crippen LogP contribution is -2.28. The number of carboxylic acid groups (broad SMARTS) is 1. The summed E-state index contributed by atoms with van der Waals surface area (Å²) in [5.74, 6) is -0.330. The van der Waals surface area contributed by atoms with E-state index in [1.807, 2.05) is 0 Å². The topological polar surface area (TPSA) is 37.3 Å². The number of allylic oxidation sites excluding steroid dienone is 2. The number of hydrogen-bond acceptors (Lipinski definition) is 1. The molecule has 16 heavy (non-hydrogen) atoms. The molecule has 2 unspecified atom stereocenters. The lowest BCUT2D eigenvalue weighted by Gasteiger charge is -2.39. The number of rotatable bonds is 4. The van der Waals surface area contributed by atoms with Crippen LogP contribution in [0.25, 0.3) is 0 Å². The predicted octanol–water partition coefficient (Wildman–Crippen LogP) is 3.87. The summed E-state index contributed by atoms with van der Waals surface area (Å²) in [5.41, 5.74) is 1.78. The van der Waals surface area contributed by atoms with E-state index >= 15 is 0 Å². The SMILES string of the molecule is CC1=CCCC(C)(C)C1CCC(C)C(=O)O. The highest BCUT2D eigenvalue weighted by molar-refractivity contribution is 5.69. The minimum absolute atomic E-state index is 0.217. The van der Waals surface area contributed by atoms with E-state index in [1.54, 1.807) is 6.92 Å². The molecule has 0 aromatic heterocycles. The summed E-state index contributed by atoms with van der Waals surface area (Å²) in [6.07, 6.45) is 6.50. The lowest BCUT2D eigenvalue weighted by molar-refractivity contribution is -0.141. The van der Waals surface area contributed by atoms with Crippen molar-refractivity contribution in [3.05, 3.63) is 11.6 Å². The Labute approximate surface area is 98.7 Å². The van der Waals surface area contributed by atoms with Crippen LogP contribution in [-0.4, -0.2) is 11.1 Å². The van der Waals surface area contributed by atoms with Gasteiger partial charge in [-0.05, 0) is 43.9 Å². The molecule has 0 radical (unpaired) electrons. The minimum atomic E-state index is -0.671. The summed E-state index contributed by atoms with van der Waals surface area (Å²) >= 11 is 0. The van der Waals surface area contributed by atoms with Gasteiger partial charge in [0, 0.05) is 0 Å². The Bertz CT molecular complexity index is 289. The van der Waals surface area contributed by atoms with Crippen LogP contribution in [0.3, 0.4) is 0 Å². The van der Waals surface area contributed by atoms with Gasteiger partial charge >= 0.3 is 5.97 Å². The van der Waals surface area contributed by atoms with Crippen molar-refractivity contribution in [2.75, 3.05) is 0 Å². The van der Waals surface area contributed by atoms with Gasteiger partial charge in [0.1, 0.15) is 0 Å². The van der Waals surface area contributed by atoms with Crippen LogP contribution in [0, 0.1) is 17.3 Å². The quantitative estimate of drug-likeness (QED) is 0.736. The lowest BCUT2D eigenvalue weighted by atomic mass is 9.66. The number of carboxylic acids is 1. The summed E-state index contributed by atoms with van der Waals surface area (Å²) in [5, 5.41) is 8.89. The average Bonchev–Trinajstić information content (AvgIpc) is 2.15. The number of hydrogen-bond donors (Lipinski definition) is 1. The van der Waals surface area contributed by atoms with Crippen molar-refractivity contribution >= 4 is 5.97 Å². The fourth-order valence-electron chi connectivity index (χ4n) is 2.76. The molecule has 0 saturated carbocycles. The molecule has 1 aliphatic rings. The van der Waals surface area contributed by atoms with Gasteiger partial charge in [0.2, 0.25) is 0 Å². The molecule has 0 bridgehead atoms. The Morgan fingerprint density at radius 1 is 1.62 bits per heavy atom. The molecule has 0 aromatic rings. The largest absolute Gasteiger partial charge is 0.481 e. The molecular weight excluding hydrogens is 200 g/mol. The normalized spacial score (nSPS) is 26.0. The van der Waals surface area contributed by atoms with Crippen molar-refractivity contribution < 1.29 is 9.90 Å². The molecule has 0 aromatic carbocycles. The summed E-state index contributed by atoms with van der Waals surface area (Å²) in [4.78, 5) is 10.8. The number of aliphatic carboxylic acids is 1. The smallest absolute Gasteiger partial charge is 0.306 e. The molecule has 0 heterocycles. The molecule has 2 nitrogen and oxygen atoms in total. The van der Waals surface area contributed by atoms with E-state index in [2.05, 4.69) is 26.8 Å². The molecule has 92 valence electrons. The summed E-state index contributed by atoms with van der Waals surface area (Å²) < 4.78 is 0. The molecule has 1 aliphatic carbocycles. The Hall–Kier alpha value is -0.790. The van der Waals surface area contributed by atoms with Gasteiger partial charge in [-0.25, -0.2) is 0 Å². The van der Waals surface area contributed by atoms with Crippen LogP contribution in [0.5, 0.6) is 0 Å². The third kappa shape index (κ3) is 3.10. The molecule has 0 aliphatic heterocycles. The fourth-order valence-corrected chi connectivity index (χ4v) is 2.76. The summed E-state index contributed by atoms with van der Waals surface area (Å²) in [6.45, 7) is 8.60. The molecule has 2 heteroatoms. The monoisotopic (exact) mass is 224 g/mol. The summed E-state index contributed by atoms with van der Waals surface area (Å²) in [6, 6.07) is 0. The average molecular weight is 224 g/mol. The highest BCUT2D eigenvalue weighted by Gasteiger charge is 2.32. The van der Waals surface area contributed by atoms with Crippen molar-refractivity contribution in [3.63, 3.8) is 0 Å². The standard InChI is InChI=1S/C14H24O2/c1-10-6-5-9-14(3,4)12(10)8-7-11(2)13(15)16/h6,11-12H,5,7-9H2,1-4H3,(H,15,16). The third-order valence-corrected chi connectivity index (χ3v) is 4.06. The van der Waals surface area contributed by atoms with E-state index in [0.717, 1.165) is 12.8 Å². The molecule has 0 amide bonds. The zero-order chi connectivity index (χ0) is 12.3. The van der Waals surface area contributed by atoms with Gasteiger partial charge in [0.05, 0.1) is 5.92 Å². The third-order valence-electron chi connectivity index (χ3n) is 4.06. The van der Waals surface area contributed by atoms with Crippen molar-refractivity contribution in [2.24, 2.45) is 17.3 Å². The van der Waals surface area contributed by atoms with Crippen LogP contribution in [0.15, 0.2) is 11.6 Å². The zero-order valence-corrected chi connectivity index (χ0v) is 10.9. The number of carbonyl (C=O) groups is 1. The van der Waals surface area contributed by atoms with Crippen LogP contribution >= 0.6 is 0 Å². The van der Waals surface area contributed by atoms with E-state index in [9.17, 15) is 4.79 Å². The molecule has 1 N–H and O–H groups in total. The molecule has 0 fully saturated rings. The van der Waals surface area contributed by atoms with Crippen molar-refractivity contribution in [1.29, 1.82) is 0 Å². The second-order valence-electron chi connectivity index (χ2n) is 5.84. The van der Waals surface area contributed by atoms with Crippen LogP contribution in [0.1, 0.15) is 53.4 Å². The van der Waals surface area contributed by atoms with Gasteiger partial charge in [-0.3, -0.25) is 4.79 Å². The molecule has 0 saturated heterocycles. The maximum Gasteiger partial charge on any atom is 0.306 e. The van der Waals surface area contributed by atoms with E-state index in [0.29, 0.717) is 11.3 Å². The maximum atomic E-state index is 10.8. The van der Waals surface area contributed by atoms with Gasteiger partial charge in [0.25, 0.3) is 0 Å². The fraction of sp³-hybridized carbons (Fsp3) is 0.786. The Balaban J connectivity index is 2.60. The van der Waals surface area contributed by atoms with E-state index in [4.69, 9.17) is 5.11 Å². The van der Waals surface area contributed by atoms with Gasteiger partial charge < -0.3 is 5.11 Å². The molecule has 0 spiro atoms. The predicted molar refractivity (Wildman–Crippen MR) is 66.3 cm³/mol. The van der Waals surface area contributed by atoms with Crippen molar-refractivity contribution in [3.8, 4) is 0 Å². The Morgan fingerprint density at radius 3 is 2.75 bits per heavy atom. The van der Waals surface area contributed by atoms with Gasteiger partial charge in [-0.1, -0.05) is 32.4 Å². The molecular formula is C14H24O2. The van der Waals surface area contributed by atoms with Crippen LogP contribution in [-0.2, 0) is 4.79 Å². The first kappa shape index (κ1) is 13.3. The van der Waals surface area contributed by atoms with E-state index < -0.39 is 5.97 Å². The Kier molecular flexibility index (Phi) is 4.17. The zero-order valence-electron chi connectivity index (χ0n) is 10.9. The first-order valence-corrected chi connectivity index (χ1v) is 6.24. The van der Waals surface area contributed by atoms with Gasteiger partial charge in [0.15, 0.2) is 0 Å². The first-order chi connectivity index (χ1) is 7.34. The molecule has 1 rings (SSSR count). The highest BCUT2D eigenvalue weighted by Crippen LogP contribution is 2.43. The Morgan fingerprint density at radius 2 is 2.25 bits per heavy atom. The highest BCUT2D eigenvalue weighted by atomic mass is 16.4. The van der Waals surface area contributed by atoms with E-state index in [-0.39, 0.29) is 5.92 Å². The van der Waals surface area contributed by atoms with Crippen molar-refractivity contribution in [2.45, 2.75) is 53.4 Å².